The Kier molecular flexibility index (Phi) is 5.44. The highest BCUT2D eigenvalue weighted by Gasteiger charge is 2.22. The molecule has 0 spiro atoms. The van der Waals surface area contributed by atoms with Crippen LogP contribution < -0.4 is 10.5 Å². The van der Waals surface area contributed by atoms with Gasteiger partial charge in [-0.25, -0.2) is 0 Å². The first-order valence-corrected chi connectivity index (χ1v) is 7.75. The predicted molar refractivity (Wildman–Crippen MR) is 84.3 cm³/mol. The summed E-state index contributed by atoms with van der Waals surface area (Å²) in [6, 6.07) is 7.39. The van der Waals surface area contributed by atoms with E-state index < -0.39 is 0 Å². The quantitative estimate of drug-likeness (QED) is 0.840. The number of likely N-dealkylation sites (tertiary alicyclic amines) is 1. The van der Waals surface area contributed by atoms with E-state index in [0.29, 0.717) is 12.1 Å². The zero-order valence-corrected chi connectivity index (χ0v) is 13.1. The number of ether oxygens (including phenoxy) is 1. The lowest BCUT2D eigenvalue weighted by Gasteiger charge is -2.36. The summed E-state index contributed by atoms with van der Waals surface area (Å²) in [5.41, 5.74) is 8.52. The fourth-order valence-electron chi connectivity index (χ4n) is 3.06. The number of hydrogen-bond donors (Lipinski definition) is 1. The summed E-state index contributed by atoms with van der Waals surface area (Å²) in [4.78, 5) is 2.54. The second kappa shape index (κ2) is 7.09. The highest BCUT2D eigenvalue weighted by atomic mass is 16.5. The molecule has 1 aromatic carbocycles. The van der Waals surface area contributed by atoms with Gasteiger partial charge < -0.3 is 15.4 Å². The summed E-state index contributed by atoms with van der Waals surface area (Å²) < 4.78 is 5.86. The highest BCUT2D eigenvalue weighted by Crippen LogP contribution is 2.18. The van der Waals surface area contributed by atoms with Crippen LogP contribution in [0.2, 0.25) is 0 Å². The van der Waals surface area contributed by atoms with Gasteiger partial charge in [-0.1, -0.05) is 6.07 Å². The lowest BCUT2D eigenvalue weighted by Crippen LogP contribution is -2.46. The van der Waals surface area contributed by atoms with Gasteiger partial charge in [0.1, 0.15) is 5.75 Å². The summed E-state index contributed by atoms with van der Waals surface area (Å²) in [5, 5.41) is 0. The number of nitrogens with two attached hydrogens (primary N) is 1. The Morgan fingerprint density at radius 2 is 1.95 bits per heavy atom. The summed E-state index contributed by atoms with van der Waals surface area (Å²) in [7, 11) is 0. The monoisotopic (exact) mass is 276 g/mol. The average molecular weight is 276 g/mol. The number of piperidine rings is 1. The van der Waals surface area contributed by atoms with E-state index in [9.17, 15) is 0 Å². The molecule has 1 aliphatic heterocycles. The van der Waals surface area contributed by atoms with Gasteiger partial charge >= 0.3 is 0 Å². The van der Waals surface area contributed by atoms with Crippen LogP contribution >= 0.6 is 0 Å². The standard InChI is InChI=1S/C17H28N2O/c1-13-9-14(2)11-17(10-13)20-8-4-6-19-7-5-16(18)12-15(19)3/h9-11,15-16H,4-8,12,18H2,1-3H3. The number of benzene rings is 1. The fourth-order valence-corrected chi connectivity index (χ4v) is 3.06. The Balaban J connectivity index is 1.71. The maximum atomic E-state index is 6.00. The van der Waals surface area contributed by atoms with Gasteiger partial charge in [0.15, 0.2) is 0 Å². The Labute approximate surface area is 123 Å². The van der Waals surface area contributed by atoms with Crippen LogP contribution in [-0.4, -0.2) is 36.7 Å². The first-order valence-electron chi connectivity index (χ1n) is 7.75. The van der Waals surface area contributed by atoms with E-state index in [1.165, 1.54) is 11.1 Å². The van der Waals surface area contributed by atoms with Crippen LogP contribution in [0.5, 0.6) is 5.75 Å². The smallest absolute Gasteiger partial charge is 0.119 e. The van der Waals surface area contributed by atoms with Gasteiger partial charge in [-0.15, -0.1) is 0 Å². The summed E-state index contributed by atoms with van der Waals surface area (Å²) in [6.07, 6.45) is 3.33. The molecule has 2 N–H and O–H groups in total. The van der Waals surface area contributed by atoms with Gasteiger partial charge in [-0.05, 0) is 69.8 Å². The Hall–Kier alpha value is -1.06. The molecule has 2 atom stereocenters. The van der Waals surface area contributed by atoms with Gasteiger partial charge in [0.25, 0.3) is 0 Å². The minimum atomic E-state index is 0.396. The molecular formula is C17H28N2O. The zero-order chi connectivity index (χ0) is 14.5. The minimum absolute atomic E-state index is 0.396. The van der Waals surface area contributed by atoms with Crippen molar-refractivity contribution in [2.75, 3.05) is 19.7 Å². The van der Waals surface area contributed by atoms with Gasteiger partial charge in [-0.2, -0.15) is 0 Å². The fraction of sp³-hybridized carbons (Fsp3) is 0.647. The van der Waals surface area contributed by atoms with Crippen molar-refractivity contribution in [2.45, 2.75) is 52.1 Å². The molecule has 0 saturated carbocycles. The predicted octanol–water partition coefficient (Wildman–Crippen LogP) is 2.88. The van der Waals surface area contributed by atoms with Gasteiger partial charge in [0, 0.05) is 18.6 Å². The molecule has 1 heterocycles. The summed E-state index contributed by atoms with van der Waals surface area (Å²) >= 11 is 0. The third kappa shape index (κ3) is 4.50. The van der Waals surface area contributed by atoms with E-state index in [2.05, 4.69) is 43.9 Å². The normalized spacial score (nSPS) is 23.8. The molecule has 1 aromatic rings. The maximum absolute atomic E-state index is 6.00. The molecule has 0 radical (unpaired) electrons. The van der Waals surface area contributed by atoms with Crippen molar-refractivity contribution >= 4 is 0 Å². The molecule has 1 aliphatic rings. The largest absolute Gasteiger partial charge is 0.494 e. The minimum Gasteiger partial charge on any atom is -0.494 e. The first kappa shape index (κ1) is 15.3. The van der Waals surface area contributed by atoms with Crippen LogP contribution in [0.1, 0.15) is 37.3 Å². The van der Waals surface area contributed by atoms with Crippen LogP contribution in [0.4, 0.5) is 0 Å². The molecular weight excluding hydrogens is 248 g/mol. The topological polar surface area (TPSA) is 38.5 Å². The van der Waals surface area contributed by atoms with E-state index in [4.69, 9.17) is 10.5 Å². The Morgan fingerprint density at radius 1 is 1.25 bits per heavy atom. The lowest BCUT2D eigenvalue weighted by atomic mass is 9.99. The van der Waals surface area contributed by atoms with E-state index in [1.807, 2.05) is 0 Å². The Bertz CT molecular complexity index is 413. The van der Waals surface area contributed by atoms with Crippen molar-refractivity contribution in [1.29, 1.82) is 0 Å². The summed E-state index contributed by atoms with van der Waals surface area (Å²) in [5.74, 6) is 0.996. The van der Waals surface area contributed by atoms with E-state index >= 15 is 0 Å². The molecule has 2 unspecified atom stereocenters. The number of nitrogens with zero attached hydrogens (tertiary/aromatic N) is 1. The van der Waals surface area contributed by atoms with Crippen molar-refractivity contribution in [3.8, 4) is 5.75 Å². The Morgan fingerprint density at radius 3 is 2.60 bits per heavy atom. The van der Waals surface area contributed by atoms with Crippen molar-refractivity contribution in [3.05, 3.63) is 29.3 Å². The molecule has 112 valence electrons. The van der Waals surface area contributed by atoms with E-state index in [0.717, 1.165) is 44.7 Å². The average Bonchev–Trinajstić information content (AvgIpc) is 2.35. The van der Waals surface area contributed by atoms with Crippen LogP contribution in [0.25, 0.3) is 0 Å². The van der Waals surface area contributed by atoms with Gasteiger partial charge in [0.05, 0.1) is 6.61 Å². The maximum Gasteiger partial charge on any atom is 0.119 e. The number of rotatable bonds is 5. The van der Waals surface area contributed by atoms with Crippen molar-refractivity contribution in [2.24, 2.45) is 5.73 Å². The zero-order valence-electron chi connectivity index (χ0n) is 13.1. The third-order valence-electron chi connectivity index (χ3n) is 4.11. The van der Waals surface area contributed by atoms with Crippen LogP contribution in [-0.2, 0) is 0 Å². The first-order chi connectivity index (χ1) is 9.54. The highest BCUT2D eigenvalue weighted by molar-refractivity contribution is 5.32. The molecule has 0 aliphatic carbocycles. The van der Waals surface area contributed by atoms with Crippen molar-refractivity contribution < 1.29 is 4.74 Å². The van der Waals surface area contributed by atoms with E-state index in [1.54, 1.807) is 0 Å². The van der Waals surface area contributed by atoms with Crippen LogP contribution in [0, 0.1) is 13.8 Å². The molecule has 3 heteroatoms. The van der Waals surface area contributed by atoms with Gasteiger partial charge in [-0.3, -0.25) is 0 Å². The number of hydrogen-bond acceptors (Lipinski definition) is 3. The van der Waals surface area contributed by atoms with Crippen molar-refractivity contribution in [3.63, 3.8) is 0 Å². The summed E-state index contributed by atoms with van der Waals surface area (Å²) in [6.45, 7) is 9.53. The second-order valence-corrected chi connectivity index (χ2v) is 6.19. The lowest BCUT2D eigenvalue weighted by molar-refractivity contribution is 0.137. The molecule has 3 nitrogen and oxygen atoms in total. The molecule has 1 saturated heterocycles. The third-order valence-corrected chi connectivity index (χ3v) is 4.11. The second-order valence-electron chi connectivity index (χ2n) is 6.19. The molecule has 0 amide bonds. The molecule has 2 rings (SSSR count). The number of aryl methyl sites for hydroxylation is 2. The van der Waals surface area contributed by atoms with E-state index in [-0.39, 0.29) is 0 Å². The molecule has 1 fully saturated rings. The molecule has 0 bridgehead atoms. The van der Waals surface area contributed by atoms with Crippen molar-refractivity contribution in [1.82, 2.24) is 4.90 Å². The van der Waals surface area contributed by atoms with Gasteiger partial charge in [0.2, 0.25) is 0 Å². The van der Waals surface area contributed by atoms with Crippen LogP contribution in [0.3, 0.4) is 0 Å². The SMILES string of the molecule is Cc1cc(C)cc(OCCCN2CCC(N)CC2C)c1. The molecule has 20 heavy (non-hydrogen) atoms. The molecule has 0 aromatic heterocycles. The van der Waals surface area contributed by atoms with Crippen LogP contribution in [0.15, 0.2) is 18.2 Å².